The lowest BCUT2D eigenvalue weighted by molar-refractivity contribution is 1.13. The SMILES string of the molecule is CC1=CCC=CC(c2ccc(C)c(C)n2)=C1. The second kappa shape index (κ2) is 4.48. The van der Waals surface area contributed by atoms with Crippen LogP contribution in [0.4, 0.5) is 0 Å². The molecule has 0 fully saturated rings. The molecule has 0 saturated heterocycles. The predicted molar refractivity (Wildman–Crippen MR) is 69.2 cm³/mol. The Morgan fingerprint density at radius 3 is 2.69 bits per heavy atom. The minimum atomic E-state index is 1.01. The van der Waals surface area contributed by atoms with Crippen molar-refractivity contribution in [2.24, 2.45) is 0 Å². The van der Waals surface area contributed by atoms with Gasteiger partial charge in [-0.25, -0.2) is 0 Å². The topological polar surface area (TPSA) is 12.9 Å². The average molecular weight is 211 g/mol. The third-order valence-corrected chi connectivity index (χ3v) is 2.90. The Kier molecular flexibility index (Phi) is 3.04. The van der Waals surface area contributed by atoms with Gasteiger partial charge in [-0.2, -0.15) is 0 Å². The third-order valence-electron chi connectivity index (χ3n) is 2.90. The smallest absolute Gasteiger partial charge is 0.0705 e. The van der Waals surface area contributed by atoms with Gasteiger partial charge in [-0.05, 0) is 38.8 Å². The van der Waals surface area contributed by atoms with Gasteiger partial charge in [-0.1, -0.05) is 35.9 Å². The molecular formula is C15H17N. The fraction of sp³-hybridized carbons (Fsp3) is 0.267. The fourth-order valence-corrected chi connectivity index (χ4v) is 1.75. The molecule has 0 aromatic carbocycles. The van der Waals surface area contributed by atoms with Crippen LogP contribution in [-0.4, -0.2) is 4.98 Å². The van der Waals surface area contributed by atoms with Crippen LogP contribution in [0.3, 0.4) is 0 Å². The van der Waals surface area contributed by atoms with E-state index in [1.54, 1.807) is 0 Å². The first-order valence-electron chi connectivity index (χ1n) is 5.66. The predicted octanol–water partition coefficient (Wildman–Crippen LogP) is 3.99. The van der Waals surface area contributed by atoms with Gasteiger partial charge < -0.3 is 0 Å². The van der Waals surface area contributed by atoms with Crippen LogP contribution in [0.2, 0.25) is 0 Å². The van der Waals surface area contributed by atoms with E-state index in [0.717, 1.165) is 17.8 Å². The zero-order valence-electron chi connectivity index (χ0n) is 10.1. The second-order valence-electron chi connectivity index (χ2n) is 4.28. The summed E-state index contributed by atoms with van der Waals surface area (Å²) in [6, 6.07) is 4.23. The number of aromatic nitrogens is 1. The van der Waals surface area contributed by atoms with E-state index >= 15 is 0 Å². The number of nitrogens with zero attached hydrogens (tertiary/aromatic N) is 1. The van der Waals surface area contributed by atoms with Gasteiger partial charge in [0.25, 0.3) is 0 Å². The maximum atomic E-state index is 4.63. The molecule has 2 rings (SSSR count). The number of hydrogen-bond acceptors (Lipinski definition) is 1. The molecule has 1 heteroatoms. The van der Waals surface area contributed by atoms with Crippen molar-refractivity contribution in [3.63, 3.8) is 0 Å². The van der Waals surface area contributed by atoms with Crippen LogP contribution in [0, 0.1) is 13.8 Å². The molecule has 1 aromatic rings. The van der Waals surface area contributed by atoms with Gasteiger partial charge in [0.05, 0.1) is 5.69 Å². The van der Waals surface area contributed by atoms with Crippen molar-refractivity contribution in [2.75, 3.05) is 0 Å². The molecule has 1 nitrogen and oxygen atoms in total. The first kappa shape index (κ1) is 10.9. The van der Waals surface area contributed by atoms with E-state index in [2.05, 4.69) is 62.2 Å². The first-order valence-corrected chi connectivity index (χ1v) is 5.66. The molecule has 0 aliphatic heterocycles. The maximum absolute atomic E-state index is 4.63. The van der Waals surface area contributed by atoms with Gasteiger partial charge in [0.15, 0.2) is 0 Å². The molecule has 82 valence electrons. The molecule has 1 aliphatic carbocycles. The standard InChI is InChI=1S/C15H17N/c1-11-6-4-5-7-14(10-11)15-9-8-12(2)13(3)16-15/h5-10H,4H2,1-3H3. The Morgan fingerprint density at radius 1 is 1.12 bits per heavy atom. The summed E-state index contributed by atoms with van der Waals surface area (Å²) >= 11 is 0. The zero-order chi connectivity index (χ0) is 11.5. The molecule has 16 heavy (non-hydrogen) atoms. The normalized spacial score (nSPS) is 15.4. The van der Waals surface area contributed by atoms with E-state index in [4.69, 9.17) is 0 Å². The molecular weight excluding hydrogens is 194 g/mol. The zero-order valence-corrected chi connectivity index (χ0v) is 10.1. The molecule has 0 bridgehead atoms. The summed E-state index contributed by atoms with van der Waals surface area (Å²) in [6.07, 6.45) is 9.77. The van der Waals surface area contributed by atoms with Crippen LogP contribution in [0.15, 0.2) is 42.0 Å². The molecule has 0 amide bonds. The van der Waals surface area contributed by atoms with Crippen LogP contribution in [-0.2, 0) is 0 Å². The third kappa shape index (κ3) is 2.30. The summed E-state index contributed by atoms with van der Waals surface area (Å²) in [6.45, 7) is 6.28. The van der Waals surface area contributed by atoms with E-state index in [0.29, 0.717) is 0 Å². The molecule has 1 heterocycles. The van der Waals surface area contributed by atoms with E-state index < -0.39 is 0 Å². The Balaban J connectivity index is 2.44. The van der Waals surface area contributed by atoms with Gasteiger partial charge in [-0.15, -0.1) is 0 Å². The van der Waals surface area contributed by atoms with Gasteiger partial charge in [-0.3, -0.25) is 4.98 Å². The number of pyridine rings is 1. The highest BCUT2D eigenvalue weighted by Gasteiger charge is 2.03. The number of allylic oxidation sites excluding steroid dienone is 6. The summed E-state index contributed by atoms with van der Waals surface area (Å²) in [5, 5.41) is 0. The molecule has 0 radical (unpaired) electrons. The lowest BCUT2D eigenvalue weighted by Gasteiger charge is -2.05. The van der Waals surface area contributed by atoms with Gasteiger partial charge in [0.2, 0.25) is 0 Å². The van der Waals surface area contributed by atoms with Crippen molar-refractivity contribution in [3.05, 3.63) is 59.0 Å². The lowest BCUT2D eigenvalue weighted by atomic mass is 10.1. The van der Waals surface area contributed by atoms with Crippen LogP contribution in [0.1, 0.15) is 30.3 Å². The molecule has 0 unspecified atom stereocenters. The quantitative estimate of drug-likeness (QED) is 0.684. The van der Waals surface area contributed by atoms with Gasteiger partial charge in [0, 0.05) is 11.3 Å². The maximum Gasteiger partial charge on any atom is 0.0705 e. The van der Waals surface area contributed by atoms with Crippen LogP contribution < -0.4 is 0 Å². The van der Waals surface area contributed by atoms with Crippen molar-refractivity contribution in [1.29, 1.82) is 0 Å². The molecule has 0 N–H and O–H groups in total. The number of hydrogen-bond donors (Lipinski definition) is 0. The molecule has 0 saturated carbocycles. The second-order valence-corrected chi connectivity index (χ2v) is 4.28. The summed E-state index contributed by atoms with van der Waals surface area (Å²) in [7, 11) is 0. The highest BCUT2D eigenvalue weighted by molar-refractivity contribution is 5.74. The van der Waals surface area contributed by atoms with Crippen LogP contribution in [0.5, 0.6) is 0 Å². The van der Waals surface area contributed by atoms with Crippen molar-refractivity contribution in [3.8, 4) is 0 Å². The number of aryl methyl sites for hydroxylation is 2. The Morgan fingerprint density at radius 2 is 1.94 bits per heavy atom. The van der Waals surface area contributed by atoms with E-state index in [1.807, 2.05) is 0 Å². The Labute approximate surface area is 97.2 Å². The van der Waals surface area contributed by atoms with Crippen LogP contribution in [0.25, 0.3) is 5.57 Å². The average Bonchev–Trinajstić information content (AvgIpc) is 2.47. The summed E-state index contributed by atoms with van der Waals surface area (Å²) in [4.78, 5) is 4.63. The molecule has 0 spiro atoms. The summed E-state index contributed by atoms with van der Waals surface area (Å²) in [5.41, 5.74) is 5.93. The van der Waals surface area contributed by atoms with Gasteiger partial charge >= 0.3 is 0 Å². The van der Waals surface area contributed by atoms with Crippen molar-refractivity contribution in [2.45, 2.75) is 27.2 Å². The molecule has 0 atom stereocenters. The highest BCUT2D eigenvalue weighted by Crippen LogP contribution is 2.20. The summed E-state index contributed by atoms with van der Waals surface area (Å²) in [5.74, 6) is 0. The number of rotatable bonds is 1. The molecule has 1 aliphatic rings. The minimum Gasteiger partial charge on any atom is -0.253 e. The van der Waals surface area contributed by atoms with Crippen molar-refractivity contribution in [1.82, 2.24) is 4.98 Å². The highest BCUT2D eigenvalue weighted by atomic mass is 14.7. The van der Waals surface area contributed by atoms with Gasteiger partial charge in [0.1, 0.15) is 0 Å². The van der Waals surface area contributed by atoms with Crippen molar-refractivity contribution >= 4 is 5.57 Å². The van der Waals surface area contributed by atoms with Crippen molar-refractivity contribution < 1.29 is 0 Å². The fourth-order valence-electron chi connectivity index (χ4n) is 1.75. The van der Waals surface area contributed by atoms with Crippen LogP contribution >= 0.6 is 0 Å². The summed E-state index contributed by atoms with van der Waals surface area (Å²) < 4.78 is 0. The Hall–Kier alpha value is -1.63. The molecule has 1 aromatic heterocycles. The largest absolute Gasteiger partial charge is 0.253 e. The van der Waals surface area contributed by atoms with E-state index in [9.17, 15) is 0 Å². The first-order chi connectivity index (χ1) is 7.66. The lowest BCUT2D eigenvalue weighted by Crippen LogP contribution is -1.92. The Bertz CT molecular complexity index is 490. The van der Waals surface area contributed by atoms with E-state index in [1.165, 1.54) is 16.7 Å². The van der Waals surface area contributed by atoms with E-state index in [-0.39, 0.29) is 0 Å². The monoisotopic (exact) mass is 211 g/mol. The minimum absolute atomic E-state index is 1.01.